The predicted octanol–water partition coefficient (Wildman–Crippen LogP) is 4.92. The number of allylic oxidation sites excluding steroid dienone is 4. The highest BCUT2D eigenvalue weighted by Crippen LogP contribution is 2.39. The van der Waals surface area contributed by atoms with E-state index in [4.69, 9.17) is 28.4 Å². The molecule has 3 fully saturated rings. The van der Waals surface area contributed by atoms with Gasteiger partial charge in [0.05, 0.1) is 43.7 Å². The van der Waals surface area contributed by atoms with Gasteiger partial charge in [-0.1, -0.05) is 52.0 Å². The molecule has 0 aromatic rings. The zero-order valence-electron chi connectivity index (χ0n) is 37.8. The topological polar surface area (TPSA) is 226 Å². The summed E-state index contributed by atoms with van der Waals surface area (Å²) in [6.07, 6.45) is 6.82. The molecule has 3 heterocycles. The number of rotatable bonds is 10. The lowest BCUT2D eigenvalue weighted by Crippen LogP contribution is -2.64. The second-order valence-corrected chi connectivity index (χ2v) is 17.9. The first-order valence-electron chi connectivity index (χ1n) is 22.0. The lowest BCUT2D eigenvalue weighted by molar-refractivity contribution is -0.302. The summed E-state index contributed by atoms with van der Waals surface area (Å²) in [6.45, 7) is 13.6. The number of Topliss-reactive ketones (excluding diaryl/α,β-unsaturated/α-hetero) is 1. The summed E-state index contributed by atoms with van der Waals surface area (Å²) in [5.74, 6) is -7.13. The summed E-state index contributed by atoms with van der Waals surface area (Å²) in [5.41, 5.74) is 2.07. The molecular formula is C47H80N2O13. The maximum absolute atomic E-state index is 14.4. The molecule has 62 heavy (non-hydrogen) atoms. The number of piperidine rings is 1. The van der Waals surface area contributed by atoms with Crippen molar-refractivity contribution in [3.05, 3.63) is 36.0 Å². The molecule has 15 nitrogen and oxygen atoms in total. The summed E-state index contributed by atoms with van der Waals surface area (Å²) >= 11 is 0. The van der Waals surface area contributed by atoms with Crippen LogP contribution < -0.4 is 0 Å². The van der Waals surface area contributed by atoms with Crippen LogP contribution in [0.15, 0.2) is 36.0 Å². The van der Waals surface area contributed by atoms with Gasteiger partial charge < -0.3 is 59.5 Å². The molecule has 0 radical (unpaired) electrons. The Morgan fingerprint density at radius 3 is 2.27 bits per heavy atom. The van der Waals surface area contributed by atoms with Crippen LogP contribution in [-0.2, 0) is 42.8 Å². The number of methoxy groups -OCH3 is 3. The molecule has 1 aliphatic carbocycles. The van der Waals surface area contributed by atoms with Crippen molar-refractivity contribution >= 4 is 23.4 Å². The minimum absolute atomic E-state index is 0. The minimum atomic E-state index is -2.50. The minimum Gasteiger partial charge on any atom is -0.456 e. The molecule has 1 saturated carbocycles. The predicted molar refractivity (Wildman–Crippen MR) is 236 cm³/mol. The molecule has 2 saturated heterocycles. The van der Waals surface area contributed by atoms with Gasteiger partial charge >= 0.3 is 5.97 Å². The van der Waals surface area contributed by atoms with Crippen LogP contribution >= 0.6 is 0 Å². The third-order valence-corrected chi connectivity index (χ3v) is 13.3. The number of ketones is 1. The van der Waals surface area contributed by atoms with Crippen LogP contribution in [0.1, 0.15) is 113 Å². The highest BCUT2D eigenvalue weighted by molar-refractivity contribution is 6.39. The lowest BCUT2D eigenvalue weighted by atomic mass is 9.81. The first kappa shape index (κ1) is 55.3. The average Bonchev–Trinajstić information content (AvgIpc) is 3.23. The van der Waals surface area contributed by atoms with Gasteiger partial charge in [0.15, 0.2) is 0 Å². The fraction of sp³-hybridized carbons (Fsp3) is 0.787. The van der Waals surface area contributed by atoms with Gasteiger partial charge in [-0.3, -0.25) is 9.59 Å². The largest absolute Gasteiger partial charge is 0.456 e. The average molecular weight is 881 g/mol. The van der Waals surface area contributed by atoms with Crippen LogP contribution in [0.4, 0.5) is 0 Å². The molecule has 4 aliphatic rings. The van der Waals surface area contributed by atoms with E-state index in [2.05, 4.69) is 25.7 Å². The number of ether oxygens (including phenoxy) is 6. The van der Waals surface area contributed by atoms with E-state index in [0.717, 1.165) is 12.0 Å². The van der Waals surface area contributed by atoms with Gasteiger partial charge in [-0.15, -0.1) is 6.58 Å². The Bertz CT molecular complexity index is 1540. The number of cyclic esters (lactones) is 1. The zero-order valence-corrected chi connectivity index (χ0v) is 37.8. The van der Waals surface area contributed by atoms with Gasteiger partial charge in [0.1, 0.15) is 18.2 Å². The Hall–Kier alpha value is -2.86. The summed E-state index contributed by atoms with van der Waals surface area (Å²) in [4.78, 5) is 44.2. The van der Waals surface area contributed by atoms with E-state index < -0.39 is 71.8 Å². The van der Waals surface area contributed by atoms with E-state index in [9.17, 15) is 35.1 Å². The van der Waals surface area contributed by atoms with Gasteiger partial charge in [0.2, 0.25) is 5.79 Å². The van der Waals surface area contributed by atoms with Gasteiger partial charge in [0, 0.05) is 57.8 Å². The number of carbonyl (C=O) groups is 3. The second-order valence-electron chi connectivity index (χ2n) is 17.9. The number of aliphatic hydroxyl groups excluding tert-OH is 2. The fourth-order valence-corrected chi connectivity index (χ4v) is 9.84. The fourth-order valence-electron chi connectivity index (χ4n) is 9.84. The van der Waals surface area contributed by atoms with Crippen molar-refractivity contribution in [2.24, 2.45) is 29.6 Å². The molecule has 15 heteroatoms. The first-order chi connectivity index (χ1) is 28.5. The molecule has 0 aromatic heterocycles. The van der Waals surface area contributed by atoms with Crippen LogP contribution in [-0.4, -0.2) is 145 Å². The van der Waals surface area contributed by atoms with Crippen molar-refractivity contribution in [3.63, 3.8) is 0 Å². The van der Waals surface area contributed by atoms with E-state index in [-0.39, 0.29) is 81.9 Å². The van der Waals surface area contributed by atoms with E-state index in [1.165, 1.54) is 12.0 Å². The Morgan fingerprint density at radius 1 is 0.984 bits per heavy atom. The number of amides is 1. The van der Waals surface area contributed by atoms with Crippen molar-refractivity contribution < 1.29 is 63.6 Å². The van der Waals surface area contributed by atoms with Crippen molar-refractivity contribution in [3.8, 4) is 0 Å². The Kier molecular flexibility index (Phi) is 22.8. The third kappa shape index (κ3) is 13.6. The number of hydrogen-bond donors (Lipinski definition) is 4. The number of esters is 1. The van der Waals surface area contributed by atoms with E-state index in [1.54, 1.807) is 34.1 Å². The SMILES string of the molecule is C.C=CC[C@@H]1/C=C(\C)C[C@H](C)C[C@H](OC)[C@H]2O[C@@](O)(C(=O)C(=O)N3CCCC[C@H]3C(=O)O[C@H](/C(C)=C/[C@@H]3CC[C@@H](OCCO)[C@H](OC)C3)[C@H](C)[C@@H](O)CC1=N)[C@H](C)C[C@@H]2OC.O. The van der Waals surface area contributed by atoms with Crippen molar-refractivity contribution in [2.45, 2.75) is 167 Å². The summed E-state index contributed by atoms with van der Waals surface area (Å²) in [7, 11) is 4.71. The molecule has 0 spiro atoms. The van der Waals surface area contributed by atoms with E-state index in [1.807, 2.05) is 13.8 Å². The van der Waals surface area contributed by atoms with Crippen LogP contribution in [0.3, 0.4) is 0 Å². The quantitative estimate of drug-likeness (QED) is 0.130. The highest BCUT2D eigenvalue weighted by Gasteiger charge is 2.56. The molecule has 6 N–H and O–H groups in total. The van der Waals surface area contributed by atoms with Crippen molar-refractivity contribution in [1.82, 2.24) is 4.90 Å². The second kappa shape index (κ2) is 25.6. The maximum atomic E-state index is 14.4. The number of hydrogen-bond acceptors (Lipinski definition) is 13. The summed E-state index contributed by atoms with van der Waals surface area (Å²) in [5, 5.41) is 42.4. The van der Waals surface area contributed by atoms with Gasteiger partial charge in [-0.25, -0.2) is 4.79 Å². The number of aliphatic hydroxyl groups is 3. The summed E-state index contributed by atoms with van der Waals surface area (Å²) in [6, 6.07) is -1.12. The molecule has 1 amide bonds. The van der Waals surface area contributed by atoms with Crippen LogP contribution in [0, 0.1) is 35.0 Å². The Morgan fingerprint density at radius 2 is 1.65 bits per heavy atom. The molecular weight excluding hydrogens is 801 g/mol. The highest BCUT2D eigenvalue weighted by atomic mass is 16.7. The van der Waals surface area contributed by atoms with Crippen LogP contribution in [0.25, 0.3) is 0 Å². The van der Waals surface area contributed by atoms with E-state index in [0.29, 0.717) is 56.2 Å². The van der Waals surface area contributed by atoms with Crippen LogP contribution in [0.5, 0.6) is 0 Å². The van der Waals surface area contributed by atoms with E-state index >= 15 is 0 Å². The Labute approximate surface area is 370 Å². The molecule has 3 aliphatic heterocycles. The molecule has 2 bridgehead atoms. The summed E-state index contributed by atoms with van der Waals surface area (Å²) < 4.78 is 36.0. The lowest BCUT2D eigenvalue weighted by Gasteiger charge is -2.47. The number of carbonyl (C=O) groups excluding carboxylic acids is 3. The number of nitrogens with one attached hydrogen (secondary N) is 1. The smallest absolute Gasteiger partial charge is 0.329 e. The zero-order chi connectivity index (χ0) is 44.3. The van der Waals surface area contributed by atoms with Gasteiger partial charge in [-0.2, -0.15) is 0 Å². The number of fused-ring (bicyclic) bond motifs is 3. The normalized spacial score (nSPS) is 38.2. The first-order valence-corrected chi connectivity index (χ1v) is 22.0. The molecule has 0 unspecified atom stereocenters. The van der Waals surface area contributed by atoms with Gasteiger partial charge in [-0.05, 0) is 95.5 Å². The van der Waals surface area contributed by atoms with Crippen molar-refractivity contribution in [1.29, 1.82) is 5.41 Å². The monoisotopic (exact) mass is 881 g/mol. The molecule has 4 rings (SSSR count). The van der Waals surface area contributed by atoms with Crippen LogP contribution in [0.2, 0.25) is 0 Å². The Balaban J connectivity index is 0.00000661. The third-order valence-electron chi connectivity index (χ3n) is 13.3. The molecule has 0 aromatic carbocycles. The standard InChI is InChI=1S/C46H74N2O12.CH4.H2O/c1-10-13-33-21-27(2)20-28(3)22-39(56-8)42-40(57-9)24-30(5)46(54,60-42)43(51)44(52)48-17-12-11-14-35(48)45(53)59-41(31(6)36(50)26-34(33)47)29(4)23-32-15-16-37(58-19-18-49)38(25-32)55-7;;/h10,21,23,28,30-33,35-42,47,49-50,54H,1,11-20,22,24-26H2,2-9H3;1H4;1H2/b27-21+,29-23+,47-34?;;/t28-,30+,31+,32-,33+,35-,36-,37+,38+,39-,40-,41+,42+,46+;;/m0../s1. The number of nitrogens with zero attached hydrogens (tertiary/aromatic N) is 1. The molecule has 356 valence electrons. The van der Waals surface area contributed by atoms with Crippen molar-refractivity contribution in [2.75, 3.05) is 41.1 Å². The molecule has 14 atom stereocenters. The maximum Gasteiger partial charge on any atom is 0.329 e. The van der Waals surface area contributed by atoms with Gasteiger partial charge in [0.25, 0.3) is 11.7 Å².